The fourth-order valence-electron chi connectivity index (χ4n) is 1.04. The van der Waals surface area contributed by atoms with Crippen molar-refractivity contribution in [2.75, 3.05) is 25.5 Å². The Morgan fingerprint density at radius 3 is 2.64 bits per heavy atom. The largest absolute Gasteiger partial charge is 0.328 e. The van der Waals surface area contributed by atoms with Crippen LogP contribution >= 0.6 is 0 Å². The molecule has 1 rings (SSSR count). The van der Waals surface area contributed by atoms with E-state index in [1.165, 1.54) is 4.90 Å². The Hall–Kier alpha value is -1.58. The number of urea groups is 1. The van der Waals surface area contributed by atoms with E-state index in [1.807, 2.05) is 19.1 Å². The minimum absolute atomic E-state index is 0.0498. The Labute approximate surface area is 84.2 Å². The van der Waals surface area contributed by atoms with Crippen LogP contribution in [0.2, 0.25) is 0 Å². The first-order valence-corrected chi connectivity index (χ1v) is 4.56. The van der Waals surface area contributed by atoms with E-state index in [0.717, 1.165) is 0 Å². The minimum atomic E-state index is -0.0498. The van der Waals surface area contributed by atoms with Crippen molar-refractivity contribution < 1.29 is 4.79 Å². The van der Waals surface area contributed by atoms with Crippen LogP contribution in [0.1, 0.15) is 6.92 Å². The third kappa shape index (κ3) is 2.22. The third-order valence-corrected chi connectivity index (χ3v) is 2.08. The molecule has 0 saturated carbocycles. The number of anilines is 1. The molecule has 4 nitrogen and oxygen atoms in total. The summed E-state index contributed by atoms with van der Waals surface area (Å²) < 4.78 is 0. The Morgan fingerprint density at radius 2 is 2.14 bits per heavy atom. The Balaban J connectivity index is 2.76. The lowest BCUT2D eigenvalue weighted by molar-refractivity contribution is 0.219. The topological polar surface area (TPSA) is 36.4 Å². The van der Waals surface area contributed by atoms with Gasteiger partial charge in [0, 0.05) is 26.8 Å². The molecular weight excluding hydrogens is 178 g/mol. The molecule has 4 heteroatoms. The second-order valence-electron chi connectivity index (χ2n) is 3.04. The number of aromatic nitrogens is 1. The first-order chi connectivity index (χ1) is 6.66. The van der Waals surface area contributed by atoms with Crippen LogP contribution in [0, 0.1) is 0 Å². The summed E-state index contributed by atoms with van der Waals surface area (Å²) in [7, 11) is 3.48. The molecule has 0 radical (unpaired) electrons. The van der Waals surface area contributed by atoms with Gasteiger partial charge in [-0.25, -0.2) is 9.78 Å². The van der Waals surface area contributed by atoms with E-state index in [2.05, 4.69) is 4.98 Å². The van der Waals surface area contributed by atoms with Crippen molar-refractivity contribution >= 4 is 11.8 Å². The van der Waals surface area contributed by atoms with Gasteiger partial charge < -0.3 is 4.90 Å². The predicted molar refractivity (Wildman–Crippen MR) is 56.3 cm³/mol. The third-order valence-electron chi connectivity index (χ3n) is 2.08. The van der Waals surface area contributed by atoms with E-state index in [-0.39, 0.29) is 6.03 Å². The lowest BCUT2D eigenvalue weighted by Crippen LogP contribution is -2.38. The minimum Gasteiger partial charge on any atom is -0.328 e. The number of carbonyl (C=O) groups excluding carboxylic acids is 1. The van der Waals surface area contributed by atoms with Gasteiger partial charge in [-0.2, -0.15) is 0 Å². The predicted octanol–water partition coefficient (Wildman–Crippen LogP) is 1.59. The van der Waals surface area contributed by atoms with Gasteiger partial charge in [-0.15, -0.1) is 0 Å². The summed E-state index contributed by atoms with van der Waals surface area (Å²) in [5.41, 5.74) is 0. The molecule has 0 atom stereocenters. The summed E-state index contributed by atoms with van der Waals surface area (Å²) in [5.74, 6) is 0.665. The number of amides is 2. The van der Waals surface area contributed by atoms with Crippen LogP contribution in [0.5, 0.6) is 0 Å². The second kappa shape index (κ2) is 4.60. The number of hydrogen-bond donors (Lipinski definition) is 0. The molecule has 0 unspecified atom stereocenters. The maximum absolute atomic E-state index is 11.7. The summed E-state index contributed by atoms with van der Waals surface area (Å²) in [6, 6.07) is 5.44. The van der Waals surface area contributed by atoms with E-state index in [9.17, 15) is 4.79 Å². The van der Waals surface area contributed by atoms with E-state index in [1.54, 1.807) is 31.3 Å². The summed E-state index contributed by atoms with van der Waals surface area (Å²) in [4.78, 5) is 18.9. The number of nitrogens with zero attached hydrogens (tertiary/aromatic N) is 3. The second-order valence-corrected chi connectivity index (χ2v) is 3.04. The Morgan fingerprint density at radius 1 is 1.43 bits per heavy atom. The van der Waals surface area contributed by atoms with E-state index in [4.69, 9.17) is 0 Å². The van der Waals surface area contributed by atoms with Gasteiger partial charge in [0.15, 0.2) is 0 Å². The number of hydrogen-bond acceptors (Lipinski definition) is 2. The average Bonchev–Trinajstić information content (AvgIpc) is 2.27. The molecule has 2 amide bonds. The first kappa shape index (κ1) is 10.5. The summed E-state index contributed by atoms with van der Waals surface area (Å²) in [5, 5.41) is 0. The zero-order chi connectivity index (χ0) is 10.6. The van der Waals surface area contributed by atoms with Gasteiger partial charge in [0.2, 0.25) is 0 Å². The number of carbonyl (C=O) groups is 1. The van der Waals surface area contributed by atoms with E-state index >= 15 is 0 Å². The van der Waals surface area contributed by atoms with Gasteiger partial charge in [-0.1, -0.05) is 6.07 Å². The molecule has 0 spiro atoms. The highest BCUT2D eigenvalue weighted by atomic mass is 16.2. The molecule has 1 heterocycles. The fourth-order valence-corrected chi connectivity index (χ4v) is 1.04. The summed E-state index contributed by atoms with van der Waals surface area (Å²) >= 11 is 0. The molecule has 0 N–H and O–H groups in total. The standard InChI is InChI=1S/C10H15N3O/c1-4-12(2)10(14)13(3)9-7-5-6-8-11-9/h5-8H,4H2,1-3H3. The highest BCUT2D eigenvalue weighted by molar-refractivity contribution is 5.90. The highest BCUT2D eigenvalue weighted by Gasteiger charge is 2.14. The van der Waals surface area contributed by atoms with E-state index < -0.39 is 0 Å². The lowest BCUT2D eigenvalue weighted by atomic mass is 10.4. The normalized spacial score (nSPS) is 9.64. The van der Waals surface area contributed by atoms with Crippen LogP contribution in [0.4, 0.5) is 10.6 Å². The van der Waals surface area contributed by atoms with Crippen molar-refractivity contribution in [2.45, 2.75) is 6.92 Å². The molecule has 0 aromatic carbocycles. The van der Waals surface area contributed by atoms with Gasteiger partial charge in [0.1, 0.15) is 5.82 Å². The van der Waals surface area contributed by atoms with Gasteiger partial charge in [-0.3, -0.25) is 4.90 Å². The summed E-state index contributed by atoms with van der Waals surface area (Å²) in [6.07, 6.45) is 1.67. The fraction of sp³-hybridized carbons (Fsp3) is 0.400. The maximum Gasteiger partial charge on any atom is 0.325 e. The van der Waals surface area contributed by atoms with Crippen LogP contribution in [-0.2, 0) is 0 Å². The quantitative estimate of drug-likeness (QED) is 0.715. The zero-order valence-electron chi connectivity index (χ0n) is 8.77. The lowest BCUT2D eigenvalue weighted by Gasteiger charge is -2.22. The van der Waals surface area contributed by atoms with Crippen LogP contribution in [0.25, 0.3) is 0 Å². The van der Waals surface area contributed by atoms with Gasteiger partial charge >= 0.3 is 6.03 Å². The van der Waals surface area contributed by atoms with Gasteiger partial charge in [-0.05, 0) is 19.1 Å². The molecule has 0 aliphatic carbocycles. The van der Waals surface area contributed by atoms with Crippen LogP contribution < -0.4 is 4.90 Å². The molecule has 0 aliphatic heterocycles. The van der Waals surface area contributed by atoms with Crippen molar-refractivity contribution in [1.29, 1.82) is 0 Å². The molecule has 76 valence electrons. The number of rotatable bonds is 2. The summed E-state index contributed by atoms with van der Waals surface area (Å²) in [6.45, 7) is 2.63. The molecule has 0 saturated heterocycles. The zero-order valence-corrected chi connectivity index (χ0v) is 8.77. The van der Waals surface area contributed by atoms with Crippen LogP contribution in [-0.4, -0.2) is 36.6 Å². The average molecular weight is 193 g/mol. The first-order valence-electron chi connectivity index (χ1n) is 4.56. The van der Waals surface area contributed by atoms with Crippen molar-refractivity contribution in [3.63, 3.8) is 0 Å². The molecule has 0 fully saturated rings. The van der Waals surface area contributed by atoms with Gasteiger partial charge in [0.25, 0.3) is 0 Å². The van der Waals surface area contributed by atoms with Crippen molar-refractivity contribution in [3.8, 4) is 0 Å². The Kier molecular flexibility index (Phi) is 3.45. The highest BCUT2D eigenvalue weighted by Crippen LogP contribution is 2.08. The molecule has 1 aromatic heterocycles. The smallest absolute Gasteiger partial charge is 0.325 e. The molecule has 1 aromatic rings. The van der Waals surface area contributed by atoms with Crippen molar-refractivity contribution in [2.24, 2.45) is 0 Å². The van der Waals surface area contributed by atoms with Crippen molar-refractivity contribution in [3.05, 3.63) is 24.4 Å². The SMILES string of the molecule is CCN(C)C(=O)N(C)c1ccccn1. The molecule has 14 heavy (non-hydrogen) atoms. The molecule has 0 aliphatic rings. The number of pyridine rings is 1. The van der Waals surface area contributed by atoms with E-state index in [0.29, 0.717) is 12.4 Å². The molecular formula is C10H15N3O. The Bertz CT molecular complexity index is 299. The molecule has 0 bridgehead atoms. The van der Waals surface area contributed by atoms with Crippen molar-refractivity contribution in [1.82, 2.24) is 9.88 Å². The van der Waals surface area contributed by atoms with Crippen LogP contribution in [0.15, 0.2) is 24.4 Å². The van der Waals surface area contributed by atoms with Crippen LogP contribution in [0.3, 0.4) is 0 Å². The maximum atomic E-state index is 11.7. The monoisotopic (exact) mass is 193 g/mol. The van der Waals surface area contributed by atoms with Gasteiger partial charge in [0.05, 0.1) is 0 Å².